The van der Waals surface area contributed by atoms with E-state index in [1.54, 1.807) is 12.5 Å². The molecule has 0 aliphatic heterocycles. The van der Waals surface area contributed by atoms with Crippen molar-refractivity contribution < 1.29 is 4.79 Å². The van der Waals surface area contributed by atoms with Crippen molar-refractivity contribution >= 4 is 5.91 Å². The van der Waals surface area contributed by atoms with E-state index in [0.29, 0.717) is 19.0 Å². The van der Waals surface area contributed by atoms with Crippen molar-refractivity contribution in [3.8, 4) is 0 Å². The van der Waals surface area contributed by atoms with Crippen molar-refractivity contribution in [3.05, 3.63) is 18.2 Å². The molecule has 1 rings (SSSR count). The Morgan fingerprint density at radius 3 is 2.94 bits per heavy atom. The first-order valence-electron chi connectivity index (χ1n) is 6.16. The Balaban J connectivity index is 1.98. The lowest BCUT2D eigenvalue weighted by Crippen LogP contribution is -2.28. The number of aromatic nitrogens is 2. The highest BCUT2D eigenvalue weighted by molar-refractivity contribution is 5.75. The lowest BCUT2D eigenvalue weighted by atomic mass is 10.2. The normalized spacial score (nSPS) is 10.8. The second-order valence-electron chi connectivity index (χ2n) is 4.39. The molecule has 5 nitrogen and oxygen atoms in total. The van der Waals surface area contributed by atoms with Crippen molar-refractivity contribution in [1.29, 1.82) is 0 Å². The van der Waals surface area contributed by atoms with E-state index in [2.05, 4.69) is 34.4 Å². The minimum absolute atomic E-state index is 0.120. The monoisotopic (exact) mass is 238 g/mol. The molecule has 0 aromatic carbocycles. The van der Waals surface area contributed by atoms with Gasteiger partial charge in [-0.05, 0) is 13.0 Å². The van der Waals surface area contributed by atoms with Crippen LogP contribution in [0, 0.1) is 0 Å². The van der Waals surface area contributed by atoms with Gasteiger partial charge in [0.15, 0.2) is 0 Å². The van der Waals surface area contributed by atoms with E-state index in [9.17, 15) is 4.79 Å². The molecular formula is C12H22N4O. The molecule has 0 unspecified atom stereocenters. The molecule has 5 heteroatoms. The van der Waals surface area contributed by atoms with Gasteiger partial charge < -0.3 is 15.6 Å². The molecule has 17 heavy (non-hydrogen) atoms. The van der Waals surface area contributed by atoms with Crippen molar-refractivity contribution in [2.75, 3.05) is 13.1 Å². The van der Waals surface area contributed by atoms with E-state index in [1.165, 1.54) is 0 Å². The van der Waals surface area contributed by atoms with Gasteiger partial charge in [0.05, 0.1) is 6.33 Å². The summed E-state index contributed by atoms with van der Waals surface area (Å²) < 4.78 is 0. The van der Waals surface area contributed by atoms with Crippen LogP contribution in [0.2, 0.25) is 0 Å². The van der Waals surface area contributed by atoms with Gasteiger partial charge in [-0.15, -0.1) is 0 Å². The Bertz CT molecular complexity index is 308. The Morgan fingerprint density at radius 2 is 2.29 bits per heavy atom. The molecule has 0 atom stereocenters. The van der Waals surface area contributed by atoms with Crippen LogP contribution in [0.5, 0.6) is 0 Å². The summed E-state index contributed by atoms with van der Waals surface area (Å²) in [6.45, 7) is 5.76. The molecule has 1 aromatic rings. The average Bonchev–Trinajstić information content (AvgIpc) is 2.77. The van der Waals surface area contributed by atoms with Gasteiger partial charge in [-0.3, -0.25) is 4.79 Å². The van der Waals surface area contributed by atoms with Gasteiger partial charge in [-0.25, -0.2) is 4.98 Å². The summed E-state index contributed by atoms with van der Waals surface area (Å²) in [6, 6.07) is 0.485. The summed E-state index contributed by atoms with van der Waals surface area (Å²) in [6.07, 6.45) is 5.69. The zero-order chi connectivity index (χ0) is 12.5. The van der Waals surface area contributed by atoms with Gasteiger partial charge in [0.2, 0.25) is 5.91 Å². The first-order chi connectivity index (χ1) is 8.18. The van der Waals surface area contributed by atoms with Crippen LogP contribution in [0.3, 0.4) is 0 Å². The molecule has 1 heterocycles. The van der Waals surface area contributed by atoms with Gasteiger partial charge in [-0.1, -0.05) is 13.8 Å². The van der Waals surface area contributed by atoms with E-state index >= 15 is 0 Å². The summed E-state index contributed by atoms with van der Waals surface area (Å²) >= 11 is 0. The van der Waals surface area contributed by atoms with E-state index in [1.807, 2.05) is 0 Å². The Kier molecular flexibility index (Phi) is 6.32. The highest BCUT2D eigenvalue weighted by Crippen LogP contribution is 1.92. The largest absolute Gasteiger partial charge is 0.356 e. The lowest BCUT2D eigenvalue weighted by Gasteiger charge is -2.07. The molecule has 0 fully saturated rings. The van der Waals surface area contributed by atoms with Gasteiger partial charge in [-0.2, -0.15) is 0 Å². The summed E-state index contributed by atoms with van der Waals surface area (Å²) in [5.74, 6) is 0.120. The molecule has 0 saturated heterocycles. The third-order valence-electron chi connectivity index (χ3n) is 2.40. The maximum Gasteiger partial charge on any atom is 0.220 e. The van der Waals surface area contributed by atoms with Crippen LogP contribution in [0.1, 0.15) is 32.4 Å². The van der Waals surface area contributed by atoms with Gasteiger partial charge in [0, 0.05) is 37.3 Å². The number of nitrogens with one attached hydrogen (secondary N) is 3. The summed E-state index contributed by atoms with van der Waals surface area (Å²) in [7, 11) is 0. The Morgan fingerprint density at radius 1 is 1.47 bits per heavy atom. The van der Waals surface area contributed by atoms with Crippen LogP contribution >= 0.6 is 0 Å². The molecule has 0 spiro atoms. The van der Waals surface area contributed by atoms with Gasteiger partial charge >= 0.3 is 0 Å². The van der Waals surface area contributed by atoms with E-state index < -0.39 is 0 Å². The fourth-order valence-corrected chi connectivity index (χ4v) is 1.49. The molecule has 96 valence electrons. The fourth-order valence-electron chi connectivity index (χ4n) is 1.49. The highest BCUT2D eigenvalue weighted by atomic mass is 16.1. The van der Waals surface area contributed by atoms with Crippen molar-refractivity contribution in [2.24, 2.45) is 0 Å². The molecule has 0 bridgehead atoms. The molecule has 1 aromatic heterocycles. The number of hydrogen-bond donors (Lipinski definition) is 3. The predicted octanol–water partition coefficient (Wildman–Crippen LogP) is 0.847. The van der Waals surface area contributed by atoms with Crippen molar-refractivity contribution in [2.45, 2.75) is 39.2 Å². The maximum absolute atomic E-state index is 11.5. The zero-order valence-electron chi connectivity index (χ0n) is 10.6. The molecule has 0 radical (unpaired) electrons. The lowest BCUT2D eigenvalue weighted by molar-refractivity contribution is -0.121. The quantitative estimate of drug-likeness (QED) is 0.588. The number of nitrogens with zero attached hydrogens (tertiary/aromatic N) is 1. The van der Waals surface area contributed by atoms with E-state index in [0.717, 1.165) is 25.1 Å². The van der Waals surface area contributed by atoms with Crippen LogP contribution in [-0.2, 0) is 11.2 Å². The first-order valence-corrected chi connectivity index (χ1v) is 6.16. The summed E-state index contributed by atoms with van der Waals surface area (Å²) in [5.41, 5.74) is 1.05. The van der Waals surface area contributed by atoms with Crippen LogP contribution in [0.4, 0.5) is 0 Å². The minimum Gasteiger partial charge on any atom is -0.356 e. The molecule has 3 N–H and O–H groups in total. The third kappa shape index (κ3) is 6.73. The highest BCUT2D eigenvalue weighted by Gasteiger charge is 2.01. The standard InChI is InChI=1S/C12H22N4O/c1-10(2)14-6-3-4-12(17)15-7-5-11-8-13-9-16-11/h8-10,14H,3-7H2,1-2H3,(H,13,16)(H,15,17). The number of carbonyl (C=O) groups excluding carboxylic acids is 1. The number of aromatic amines is 1. The van der Waals surface area contributed by atoms with Crippen LogP contribution in [0.25, 0.3) is 0 Å². The Hall–Kier alpha value is -1.36. The number of rotatable bonds is 8. The fraction of sp³-hybridized carbons (Fsp3) is 0.667. The van der Waals surface area contributed by atoms with Crippen LogP contribution in [0.15, 0.2) is 12.5 Å². The maximum atomic E-state index is 11.5. The second kappa shape index (κ2) is 7.84. The molecule has 1 amide bonds. The Labute approximate surface area is 102 Å². The van der Waals surface area contributed by atoms with Gasteiger partial charge in [0.25, 0.3) is 0 Å². The average molecular weight is 238 g/mol. The SMILES string of the molecule is CC(C)NCCCC(=O)NCCc1cnc[nH]1. The predicted molar refractivity (Wildman–Crippen MR) is 67.7 cm³/mol. The minimum atomic E-state index is 0.120. The number of amides is 1. The van der Waals surface area contributed by atoms with Crippen LogP contribution in [-0.4, -0.2) is 35.0 Å². The molecule has 0 saturated carbocycles. The number of hydrogen-bond acceptors (Lipinski definition) is 3. The smallest absolute Gasteiger partial charge is 0.220 e. The van der Waals surface area contributed by atoms with Crippen molar-refractivity contribution in [3.63, 3.8) is 0 Å². The first kappa shape index (κ1) is 13.7. The number of carbonyl (C=O) groups is 1. The molecule has 0 aliphatic rings. The van der Waals surface area contributed by atoms with Crippen LogP contribution < -0.4 is 10.6 Å². The number of imidazole rings is 1. The second-order valence-corrected chi connectivity index (χ2v) is 4.39. The molecular weight excluding hydrogens is 216 g/mol. The van der Waals surface area contributed by atoms with E-state index in [-0.39, 0.29) is 5.91 Å². The van der Waals surface area contributed by atoms with E-state index in [4.69, 9.17) is 0 Å². The molecule has 0 aliphatic carbocycles. The summed E-state index contributed by atoms with van der Waals surface area (Å²) in [5, 5.41) is 6.18. The number of H-pyrrole nitrogens is 1. The topological polar surface area (TPSA) is 69.8 Å². The zero-order valence-corrected chi connectivity index (χ0v) is 10.6. The third-order valence-corrected chi connectivity index (χ3v) is 2.40. The van der Waals surface area contributed by atoms with Gasteiger partial charge in [0.1, 0.15) is 0 Å². The summed E-state index contributed by atoms with van der Waals surface area (Å²) in [4.78, 5) is 18.4. The van der Waals surface area contributed by atoms with Crippen molar-refractivity contribution in [1.82, 2.24) is 20.6 Å².